The summed E-state index contributed by atoms with van der Waals surface area (Å²) in [6, 6.07) is 12.0. The molecule has 0 bridgehead atoms. The van der Waals surface area contributed by atoms with E-state index in [9.17, 15) is 4.79 Å². The molecule has 158 valence electrons. The zero-order valence-corrected chi connectivity index (χ0v) is 18.0. The molecular weight excluding hydrogens is 410 g/mol. The first-order chi connectivity index (χ1) is 15.2. The van der Waals surface area contributed by atoms with Crippen molar-refractivity contribution in [3.05, 3.63) is 60.7 Å². The number of nitrogens with zero attached hydrogens (tertiary/aromatic N) is 6. The Balaban J connectivity index is 1.26. The number of thiophene rings is 1. The molecule has 4 aromatic rings. The first kappa shape index (κ1) is 19.5. The van der Waals surface area contributed by atoms with E-state index >= 15 is 0 Å². The van der Waals surface area contributed by atoms with Crippen molar-refractivity contribution in [2.45, 2.75) is 6.54 Å². The number of fused-ring (bicyclic) bond motifs is 1. The van der Waals surface area contributed by atoms with E-state index in [2.05, 4.69) is 31.3 Å². The molecule has 0 spiro atoms. The highest BCUT2D eigenvalue weighted by atomic mass is 32.1. The van der Waals surface area contributed by atoms with Crippen LogP contribution in [0.4, 0.5) is 10.6 Å². The smallest absolute Gasteiger partial charge is 0.317 e. The van der Waals surface area contributed by atoms with Crippen molar-refractivity contribution in [3.8, 4) is 10.4 Å². The van der Waals surface area contributed by atoms with Crippen molar-refractivity contribution < 1.29 is 4.79 Å². The standard InChI is InChI=1S/C22H23N7OS/c1-27-14-17(13-26-27)19-11-18-20(31-19)21(25-15-24-18)28-7-9-29(10-8-28)22(30)23-12-16-5-3-2-4-6-16/h2-6,11,13-15H,7-10,12H2,1H3,(H,23,30). The van der Waals surface area contributed by atoms with Crippen LogP contribution in [0.1, 0.15) is 5.56 Å². The Morgan fingerprint density at radius 3 is 2.68 bits per heavy atom. The third kappa shape index (κ3) is 4.09. The van der Waals surface area contributed by atoms with Gasteiger partial charge in [-0.15, -0.1) is 11.3 Å². The number of nitrogens with one attached hydrogen (secondary N) is 1. The van der Waals surface area contributed by atoms with Crippen molar-refractivity contribution in [2.75, 3.05) is 31.1 Å². The second-order valence-corrected chi connectivity index (χ2v) is 8.60. The van der Waals surface area contributed by atoms with Crippen LogP contribution < -0.4 is 10.2 Å². The van der Waals surface area contributed by atoms with Crippen molar-refractivity contribution in [1.82, 2.24) is 30.0 Å². The number of amides is 2. The highest BCUT2D eigenvalue weighted by molar-refractivity contribution is 7.22. The molecule has 4 heterocycles. The van der Waals surface area contributed by atoms with E-state index in [0.29, 0.717) is 19.6 Å². The van der Waals surface area contributed by atoms with Crippen molar-refractivity contribution in [2.24, 2.45) is 7.05 Å². The number of hydrogen-bond donors (Lipinski definition) is 1. The average molecular weight is 434 g/mol. The number of rotatable bonds is 4. The van der Waals surface area contributed by atoms with E-state index in [-0.39, 0.29) is 6.03 Å². The summed E-state index contributed by atoms with van der Waals surface area (Å²) in [6.45, 7) is 3.34. The van der Waals surface area contributed by atoms with E-state index in [1.165, 1.54) is 0 Å². The lowest BCUT2D eigenvalue weighted by molar-refractivity contribution is 0.194. The minimum atomic E-state index is -0.0219. The van der Waals surface area contributed by atoms with Gasteiger partial charge in [0.05, 0.1) is 16.4 Å². The highest BCUT2D eigenvalue weighted by Crippen LogP contribution is 2.36. The van der Waals surface area contributed by atoms with Crippen LogP contribution in [0.2, 0.25) is 0 Å². The molecule has 1 saturated heterocycles. The summed E-state index contributed by atoms with van der Waals surface area (Å²) in [4.78, 5) is 26.8. The number of urea groups is 1. The van der Waals surface area contributed by atoms with E-state index < -0.39 is 0 Å². The zero-order valence-electron chi connectivity index (χ0n) is 17.2. The van der Waals surface area contributed by atoms with Crippen LogP contribution in [0, 0.1) is 0 Å². The summed E-state index contributed by atoms with van der Waals surface area (Å²) in [5.41, 5.74) is 3.12. The van der Waals surface area contributed by atoms with Gasteiger partial charge in [0.25, 0.3) is 0 Å². The molecule has 8 nitrogen and oxygen atoms in total. The van der Waals surface area contributed by atoms with Crippen LogP contribution in [0.5, 0.6) is 0 Å². The fraction of sp³-hybridized carbons (Fsp3) is 0.273. The third-order valence-corrected chi connectivity index (χ3v) is 6.60. The molecule has 1 aromatic carbocycles. The number of benzene rings is 1. The SMILES string of the molecule is Cn1cc(-c2cc3ncnc(N4CCN(C(=O)NCc5ccccc5)CC4)c3s2)cn1. The lowest BCUT2D eigenvalue weighted by Crippen LogP contribution is -2.51. The van der Waals surface area contributed by atoms with Crippen LogP contribution in [-0.4, -0.2) is 56.9 Å². The fourth-order valence-corrected chi connectivity index (χ4v) is 4.87. The Morgan fingerprint density at radius 2 is 1.94 bits per heavy atom. The first-order valence-corrected chi connectivity index (χ1v) is 11.0. The Hall–Kier alpha value is -3.46. The van der Waals surface area contributed by atoms with Gasteiger partial charge in [-0.25, -0.2) is 14.8 Å². The van der Waals surface area contributed by atoms with Gasteiger partial charge < -0.3 is 15.1 Å². The quantitative estimate of drug-likeness (QED) is 0.535. The predicted molar refractivity (Wildman–Crippen MR) is 122 cm³/mol. The monoisotopic (exact) mass is 433 g/mol. The number of piperazine rings is 1. The molecule has 1 aliphatic heterocycles. The van der Waals surface area contributed by atoms with E-state index in [1.807, 2.05) is 54.7 Å². The first-order valence-electron chi connectivity index (χ1n) is 10.2. The van der Waals surface area contributed by atoms with Crippen molar-refractivity contribution >= 4 is 33.4 Å². The average Bonchev–Trinajstić information content (AvgIpc) is 3.44. The molecule has 1 aliphatic rings. The number of aromatic nitrogens is 4. The van der Waals surface area contributed by atoms with E-state index in [4.69, 9.17) is 0 Å². The lowest BCUT2D eigenvalue weighted by Gasteiger charge is -2.35. The summed E-state index contributed by atoms with van der Waals surface area (Å²) in [5, 5.41) is 7.28. The van der Waals surface area contributed by atoms with Crippen LogP contribution in [0.3, 0.4) is 0 Å². The van der Waals surface area contributed by atoms with Gasteiger partial charge in [0.1, 0.15) is 12.1 Å². The maximum atomic E-state index is 12.6. The van der Waals surface area contributed by atoms with Gasteiger partial charge in [-0.1, -0.05) is 30.3 Å². The van der Waals surface area contributed by atoms with Crippen molar-refractivity contribution in [1.29, 1.82) is 0 Å². The minimum Gasteiger partial charge on any atom is -0.352 e. The van der Waals surface area contributed by atoms with Crippen LogP contribution >= 0.6 is 11.3 Å². The van der Waals surface area contributed by atoms with Crippen LogP contribution in [0.25, 0.3) is 20.7 Å². The Morgan fingerprint density at radius 1 is 1.13 bits per heavy atom. The Kier molecular flexibility index (Phi) is 5.25. The number of anilines is 1. The molecule has 9 heteroatoms. The van der Waals surface area contributed by atoms with Gasteiger partial charge in [-0.3, -0.25) is 4.68 Å². The number of carbonyl (C=O) groups is 1. The molecule has 1 N–H and O–H groups in total. The summed E-state index contributed by atoms with van der Waals surface area (Å²) < 4.78 is 2.87. The van der Waals surface area contributed by atoms with Gasteiger partial charge >= 0.3 is 6.03 Å². The van der Waals surface area contributed by atoms with Gasteiger partial charge in [0, 0.05) is 56.4 Å². The molecule has 0 saturated carbocycles. The molecule has 2 amide bonds. The molecule has 0 atom stereocenters. The molecule has 5 rings (SSSR count). The third-order valence-electron chi connectivity index (χ3n) is 5.43. The zero-order chi connectivity index (χ0) is 21.2. The Labute approximate surface area is 184 Å². The van der Waals surface area contributed by atoms with Gasteiger partial charge in [0.15, 0.2) is 0 Å². The number of hydrogen-bond acceptors (Lipinski definition) is 6. The minimum absolute atomic E-state index is 0.0219. The lowest BCUT2D eigenvalue weighted by atomic mass is 10.2. The number of carbonyl (C=O) groups excluding carboxylic acids is 1. The molecule has 0 radical (unpaired) electrons. The molecule has 31 heavy (non-hydrogen) atoms. The van der Waals surface area contributed by atoms with Gasteiger partial charge in [-0.05, 0) is 11.6 Å². The molecular formula is C22H23N7OS. The normalized spacial score (nSPS) is 14.2. The van der Waals surface area contributed by atoms with E-state index in [1.54, 1.807) is 22.3 Å². The maximum Gasteiger partial charge on any atom is 0.317 e. The van der Waals surface area contributed by atoms with Gasteiger partial charge in [-0.2, -0.15) is 5.10 Å². The van der Waals surface area contributed by atoms with E-state index in [0.717, 1.165) is 45.1 Å². The fourth-order valence-electron chi connectivity index (χ4n) is 3.76. The van der Waals surface area contributed by atoms with Gasteiger partial charge in [0.2, 0.25) is 0 Å². The largest absolute Gasteiger partial charge is 0.352 e. The predicted octanol–water partition coefficient (Wildman–Crippen LogP) is 3.12. The highest BCUT2D eigenvalue weighted by Gasteiger charge is 2.24. The topological polar surface area (TPSA) is 79.2 Å². The summed E-state index contributed by atoms with van der Waals surface area (Å²) >= 11 is 1.68. The second-order valence-electron chi connectivity index (χ2n) is 7.54. The van der Waals surface area contributed by atoms with Crippen molar-refractivity contribution in [3.63, 3.8) is 0 Å². The molecule has 3 aromatic heterocycles. The second kappa shape index (κ2) is 8.35. The number of aryl methyl sites for hydroxylation is 1. The molecule has 0 aliphatic carbocycles. The summed E-state index contributed by atoms with van der Waals surface area (Å²) in [6.07, 6.45) is 5.49. The summed E-state index contributed by atoms with van der Waals surface area (Å²) in [7, 11) is 1.91. The van der Waals surface area contributed by atoms with Crippen LogP contribution in [0.15, 0.2) is 55.1 Å². The Bertz CT molecular complexity index is 1200. The molecule has 1 fully saturated rings. The molecule has 0 unspecified atom stereocenters. The maximum absolute atomic E-state index is 12.6. The summed E-state index contributed by atoms with van der Waals surface area (Å²) in [5.74, 6) is 0.939. The van der Waals surface area contributed by atoms with Crippen LogP contribution in [-0.2, 0) is 13.6 Å².